The van der Waals surface area contributed by atoms with E-state index in [0.717, 1.165) is 0 Å². The van der Waals surface area contributed by atoms with Crippen LogP contribution in [0.15, 0.2) is 60.7 Å². The van der Waals surface area contributed by atoms with Gasteiger partial charge in [0.1, 0.15) is 0 Å². The molecule has 0 aliphatic rings. The summed E-state index contributed by atoms with van der Waals surface area (Å²) in [6.45, 7) is 0. The fourth-order valence-corrected chi connectivity index (χ4v) is 0.642. The zero-order valence-electron chi connectivity index (χ0n) is 7.20. The van der Waals surface area contributed by atoms with Crippen molar-refractivity contribution in [3.63, 3.8) is 0 Å². The Bertz CT molecular complexity index is 170. The molecule has 0 saturated carbocycles. The van der Waals surface area contributed by atoms with Crippen molar-refractivity contribution < 1.29 is 29.7 Å². The Balaban J connectivity index is 0. The van der Waals surface area contributed by atoms with Crippen molar-refractivity contribution in [1.29, 1.82) is 0 Å². The minimum Gasteiger partial charge on any atom is -0.748 e. The Morgan fingerprint density at radius 3 is 1.21 bits per heavy atom. The zero-order valence-corrected chi connectivity index (χ0v) is 10.8. The summed E-state index contributed by atoms with van der Waals surface area (Å²) in [5, 5.41) is 0. The molecule has 2 rings (SSSR count). The van der Waals surface area contributed by atoms with Crippen molar-refractivity contribution in [3.05, 3.63) is 60.7 Å². The fraction of sp³-hybridized carbons (Fsp3) is 0. The molecular weight excluding hydrogens is 306 g/mol. The van der Waals surface area contributed by atoms with Crippen LogP contribution in [-0.4, -0.2) is 0 Å². The van der Waals surface area contributed by atoms with Gasteiger partial charge >= 0.3 is 33.0 Å². The van der Waals surface area contributed by atoms with E-state index in [1.807, 2.05) is 60.7 Å². The van der Waals surface area contributed by atoms with Gasteiger partial charge in [-0.3, -0.25) is 0 Å². The average Bonchev–Trinajstić information content (AvgIpc) is 2.85. The summed E-state index contributed by atoms with van der Waals surface area (Å²) in [7, 11) is 9.40. The van der Waals surface area contributed by atoms with Crippen LogP contribution >= 0.6 is 20.4 Å². The molecule has 0 saturated heterocycles. The first-order valence-electron chi connectivity index (χ1n) is 3.57. The summed E-state index contributed by atoms with van der Waals surface area (Å²) in [5.74, 6) is 0. The van der Waals surface area contributed by atoms with E-state index in [4.69, 9.17) is 20.4 Å². The third-order valence-corrected chi connectivity index (χ3v) is 1.11. The van der Waals surface area contributed by atoms with Gasteiger partial charge in [-0.25, -0.2) is 12.1 Å². The van der Waals surface area contributed by atoms with Gasteiger partial charge in [0.15, 0.2) is 0 Å². The van der Waals surface area contributed by atoms with E-state index in [0.29, 0.717) is 12.7 Å². The van der Waals surface area contributed by atoms with E-state index in [-0.39, 0.29) is 17.1 Å². The van der Waals surface area contributed by atoms with Crippen LogP contribution in [0.5, 0.6) is 0 Å². The molecule has 2 aromatic rings. The Labute approximate surface area is 110 Å². The van der Waals surface area contributed by atoms with Gasteiger partial charge in [0.25, 0.3) is 0 Å². The number of rotatable bonds is 0. The van der Waals surface area contributed by atoms with Crippen LogP contribution in [0.1, 0.15) is 0 Å². The standard InChI is InChI=1S/2C5H5.2ClH.Fe.Ni/c2*1-2-4-5-3-1;;;;/h2*1-5H;2*1H;;/q-5;-1;;;;+2/p-2. The third kappa shape index (κ3) is 14.8. The van der Waals surface area contributed by atoms with Gasteiger partial charge in [0, 0.05) is 17.1 Å². The molecule has 0 heterocycles. The van der Waals surface area contributed by atoms with E-state index < -0.39 is 0 Å². The van der Waals surface area contributed by atoms with Crippen molar-refractivity contribution in [1.82, 2.24) is 0 Å². The molecule has 0 amide bonds. The second-order valence-electron chi connectivity index (χ2n) is 1.97. The smallest absolute Gasteiger partial charge is 0 e. The van der Waals surface area contributed by atoms with E-state index >= 15 is 0 Å². The van der Waals surface area contributed by atoms with Gasteiger partial charge < -0.3 is 30.3 Å². The van der Waals surface area contributed by atoms with Crippen LogP contribution < -0.4 is 0 Å². The molecule has 0 fully saturated rings. The predicted octanol–water partition coefficient (Wildman–Crippen LogP) is 4.19. The molecule has 88 valence electrons. The van der Waals surface area contributed by atoms with Gasteiger partial charge in [0.05, 0.1) is 0 Å². The molecule has 0 bridgehead atoms. The molecule has 0 aromatic heterocycles. The third-order valence-electron chi connectivity index (χ3n) is 1.11. The number of hydrogen-bond donors (Lipinski definition) is 0. The first-order chi connectivity index (χ1) is 6.41. The topological polar surface area (TPSA) is 0 Å². The van der Waals surface area contributed by atoms with Crippen LogP contribution in [0.2, 0.25) is 0 Å². The maximum absolute atomic E-state index is 4.70. The average molecular weight is 316 g/mol. The van der Waals surface area contributed by atoms with Crippen LogP contribution in [0.3, 0.4) is 0 Å². The predicted molar refractivity (Wildman–Crippen MR) is 55.8 cm³/mol. The largest absolute Gasteiger partial charge is 0.748 e. The summed E-state index contributed by atoms with van der Waals surface area (Å²) in [5.41, 5.74) is 0. The molecule has 4 heteroatoms. The summed E-state index contributed by atoms with van der Waals surface area (Å²) in [6, 6.07) is 20.0. The van der Waals surface area contributed by atoms with Crippen molar-refractivity contribution >= 4 is 20.4 Å². The summed E-state index contributed by atoms with van der Waals surface area (Å²) in [4.78, 5) is 0. The first-order valence-corrected chi connectivity index (χ1v) is 6.29. The van der Waals surface area contributed by atoms with Gasteiger partial charge in [0.2, 0.25) is 0 Å². The van der Waals surface area contributed by atoms with E-state index in [2.05, 4.69) is 0 Å². The summed E-state index contributed by atoms with van der Waals surface area (Å²) in [6.07, 6.45) is 0. The summed E-state index contributed by atoms with van der Waals surface area (Å²) >= 11 is 0.569. The molecule has 0 aliphatic heterocycles. The molecule has 0 spiro atoms. The van der Waals surface area contributed by atoms with Gasteiger partial charge in [-0.1, -0.05) is 0 Å². The SMILES string of the molecule is [Cl][Ni][Cl].[Fe].[cH-]1[cH-][cH-][cH-][cH-]1.c1cc[cH-]c1. The van der Waals surface area contributed by atoms with Crippen molar-refractivity contribution in [3.8, 4) is 0 Å². The first kappa shape index (κ1) is 16.7. The molecular formula is C10H10Cl2FeNi-6. The molecule has 0 unspecified atom stereocenters. The molecule has 0 aliphatic carbocycles. The van der Waals surface area contributed by atoms with Gasteiger partial charge in [-0.05, 0) is 0 Å². The molecule has 0 atom stereocenters. The number of halogens is 2. The van der Waals surface area contributed by atoms with E-state index in [1.54, 1.807) is 0 Å². The minimum atomic E-state index is 0. The Kier molecular flexibility index (Phi) is 18.8. The normalized spacial score (nSPS) is 7.29. The quantitative estimate of drug-likeness (QED) is 0.505. The van der Waals surface area contributed by atoms with E-state index in [9.17, 15) is 0 Å². The van der Waals surface area contributed by atoms with Crippen LogP contribution in [0, 0.1) is 0 Å². The Hall–Kier alpha value is 0.293. The monoisotopic (exact) mass is 314 g/mol. The maximum atomic E-state index is 4.70. The van der Waals surface area contributed by atoms with Crippen LogP contribution in [0.4, 0.5) is 0 Å². The fourth-order valence-electron chi connectivity index (χ4n) is 0.642. The Morgan fingerprint density at radius 1 is 0.786 bits per heavy atom. The maximum Gasteiger partial charge on any atom is 0 e. The van der Waals surface area contributed by atoms with Gasteiger partial charge in [-0.2, -0.15) is 18.2 Å². The Morgan fingerprint density at radius 2 is 1.07 bits per heavy atom. The zero-order chi connectivity index (χ0) is 9.78. The van der Waals surface area contributed by atoms with Crippen molar-refractivity contribution in [2.75, 3.05) is 0 Å². The van der Waals surface area contributed by atoms with E-state index in [1.165, 1.54) is 0 Å². The molecule has 2 aromatic carbocycles. The second kappa shape index (κ2) is 15.8. The summed E-state index contributed by atoms with van der Waals surface area (Å²) < 4.78 is 0. The molecule has 0 nitrogen and oxygen atoms in total. The van der Waals surface area contributed by atoms with Crippen molar-refractivity contribution in [2.24, 2.45) is 0 Å². The van der Waals surface area contributed by atoms with Crippen LogP contribution in [0.25, 0.3) is 0 Å². The van der Waals surface area contributed by atoms with Crippen LogP contribution in [-0.2, 0) is 29.7 Å². The molecule has 0 N–H and O–H groups in total. The van der Waals surface area contributed by atoms with Gasteiger partial charge in [-0.15, -0.1) is 0 Å². The van der Waals surface area contributed by atoms with Crippen molar-refractivity contribution in [2.45, 2.75) is 0 Å². The second-order valence-corrected chi connectivity index (χ2v) is 3.60. The minimum absolute atomic E-state index is 0. The molecule has 0 radical (unpaired) electrons. The number of hydrogen-bond acceptors (Lipinski definition) is 0. The molecule has 14 heavy (non-hydrogen) atoms.